The van der Waals surface area contributed by atoms with E-state index in [9.17, 15) is 0 Å². The van der Waals surface area contributed by atoms with Crippen molar-refractivity contribution in [1.29, 1.82) is 0 Å². The second-order valence-corrected chi connectivity index (χ2v) is 4.06. The van der Waals surface area contributed by atoms with Crippen LogP contribution in [-0.2, 0) is 0 Å². The summed E-state index contributed by atoms with van der Waals surface area (Å²) in [5, 5.41) is 7.28. The van der Waals surface area contributed by atoms with E-state index in [4.69, 9.17) is 8.94 Å². The lowest BCUT2D eigenvalue weighted by Gasteiger charge is -1.98. The van der Waals surface area contributed by atoms with Crippen LogP contribution in [0.1, 0.15) is 23.9 Å². The minimum Gasteiger partial charge on any atom is -0.456 e. The lowest BCUT2D eigenvalue weighted by Crippen LogP contribution is -2.08. The highest BCUT2D eigenvalue weighted by Gasteiger charge is 2.23. The predicted octanol–water partition coefficient (Wildman–Crippen LogP) is 1.71. The SMILES string of the molecule is Cc1ccc(-c2nc(C3CCNC3)no2)o1. The third-order valence-electron chi connectivity index (χ3n) is 2.82. The molecule has 1 fully saturated rings. The number of aromatic nitrogens is 2. The number of aryl methyl sites for hydroxylation is 1. The number of nitrogens with zero attached hydrogens (tertiary/aromatic N) is 2. The van der Waals surface area contributed by atoms with Crippen molar-refractivity contribution < 1.29 is 8.94 Å². The Bertz CT molecular complexity index is 483. The summed E-state index contributed by atoms with van der Waals surface area (Å²) in [7, 11) is 0. The molecule has 0 aliphatic carbocycles. The number of nitrogens with one attached hydrogen (secondary N) is 1. The molecule has 1 unspecified atom stereocenters. The quantitative estimate of drug-likeness (QED) is 0.833. The van der Waals surface area contributed by atoms with Crippen molar-refractivity contribution in [3.8, 4) is 11.7 Å². The van der Waals surface area contributed by atoms with Crippen LogP contribution in [0.3, 0.4) is 0 Å². The van der Waals surface area contributed by atoms with Crippen molar-refractivity contribution in [3.05, 3.63) is 23.7 Å². The van der Waals surface area contributed by atoms with Gasteiger partial charge in [-0.1, -0.05) is 5.16 Å². The van der Waals surface area contributed by atoms with Crippen LogP contribution in [0.25, 0.3) is 11.7 Å². The molecule has 2 aromatic rings. The highest BCUT2D eigenvalue weighted by Crippen LogP contribution is 2.24. The molecule has 1 N–H and O–H groups in total. The van der Waals surface area contributed by atoms with Crippen molar-refractivity contribution in [2.75, 3.05) is 13.1 Å². The summed E-state index contributed by atoms with van der Waals surface area (Å²) < 4.78 is 10.6. The Labute approximate surface area is 92.8 Å². The summed E-state index contributed by atoms with van der Waals surface area (Å²) in [4.78, 5) is 4.36. The van der Waals surface area contributed by atoms with Gasteiger partial charge in [0.05, 0.1) is 0 Å². The van der Waals surface area contributed by atoms with Gasteiger partial charge in [0.2, 0.25) is 0 Å². The Morgan fingerprint density at radius 1 is 1.44 bits per heavy atom. The molecule has 0 saturated carbocycles. The third-order valence-corrected chi connectivity index (χ3v) is 2.82. The summed E-state index contributed by atoms with van der Waals surface area (Å²) in [5.41, 5.74) is 0. The van der Waals surface area contributed by atoms with Crippen molar-refractivity contribution in [1.82, 2.24) is 15.5 Å². The van der Waals surface area contributed by atoms with E-state index in [1.165, 1.54) is 0 Å². The van der Waals surface area contributed by atoms with Crippen molar-refractivity contribution in [2.24, 2.45) is 0 Å². The fourth-order valence-electron chi connectivity index (χ4n) is 1.93. The molecule has 0 radical (unpaired) electrons. The maximum atomic E-state index is 5.43. The molecule has 1 aliphatic heterocycles. The van der Waals surface area contributed by atoms with Crippen LogP contribution in [0.5, 0.6) is 0 Å². The van der Waals surface area contributed by atoms with E-state index in [2.05, 4.69) is 15.5 Å². The lowest BCUT2D eigenvalue weighted by molar-refractivity contribution is 0.403. The van der Waals surface area contributed by atoms with Gasteiger partial charge in [-0.05, 0) is 32.0 Å². The molecule has 0 spiro atoms. The molecule has 3 heterocycles. The van der Waals surface area contributed by atoms with Crippen LogP contribution in [0.2, 0.25) is 0 Å². The molecule has 0 bridgehead atoms. The lowest BCUT2D eigenvalue weighted by atomic mass is 10.1. The largest absolute Gasteiger partial charge is 0.456 e. The van der Waals surface area contributed by atoms with Gasteiger partial charge in [-0.3, -0.25) is 0 Å². The monoisotopic (exact) mass is 219 g/mol. The van der Waals surface area contributed by atoms with Crippen molar-refractivity contribution in [3.63, 3.8) is 0 Å². The summed E-state index contributed by atoms with van der Waals surface area (Å²) >= 11 is 0. The minimum absolute atomic E-state index is 0.369. The first-order valence-electron chi connectivity index (χ1n) is 5.44. The summed E-state index contributed by atoms with van der Waals surface area (Å²) in [6.45, 7) is 3.84. The molecule has 5 nitrogen and oxygen atoms in total. The van der Waals surface area contributed by atoms with Crippen LogP contribution in [-0.4, -0.2) is 23.2 Å². The predicted molar refractivity (Wildman–Crippen MR) is 57.0 cm³/mol. The maximum absolute atomic E-state index is 5.43. The van der Waals surface area contributed by atoms with Crippen LogP contribution in [0.4, 0.5) is 0 Å². The van der Waals surface area contributed by atoms with Crippen LogP contribution in [0.15, 0.2) is 21.1 Å². The molecular weight excluding hydrogens is 206 g/mol. The molecule has 2 aromatic heterocycles. The van der Waals surface area contributed by atoms with Gasteiger partial charge in [0, 0.05) is 12.5 Å². The van der Waals surface area contributed by atoms with E-state index in [1.807, 2.05) is 19.1 Å². The summed E-state index contributed by atoms with van der Waals surface area (Å²) in [5.74, 6) is 3.09. The number of hydrogen-bond donors (Lipinski definition) is 1. The second kappa shape index (κ2) is 3.75. The zero-order valence-electron chi connectivity index (χ0n) is 9.06. The highest BCUT2D eigenvalue weighted by atomic mass is 16.5. The van der Waals surface area contributed by atoms with Gasteiger partial charge in [-0.15, -0.1) is 0 Å². The van der Waals surface area contributed by atoms with Gasteiger partial charge < -0.3 is 14.3 Å². The summed E-state index contributed by atoms with van der Waals surface area (Å²) in [6, 6.07) is 3.73. The molecular formula is C11H13N3O2. The first kappa shape index (κ1) is 9.59. The van der Waals surface area contributed by atoms with Crippen molar-refractivity contribution in [2.45, 2.75) is 19.3 Å². The van der Waals surface area contributed by atoms with E-state index in [0.717, 1.165) is 31.1 Å². The molecule has 3 rings (SSSR count). The Balaban J connectivity index is 1.87. The highest BCUT2D eigenvalue weighted by molar-refractivity contribution is 5.44. The first-order chi connectivity index (χ1) is 7.83. The van der Waals surface area contributed by atoms with Gasteiger partial charge >= 0.3 is 0 Å². The minimum atomic E-state index is 0.369. The van der Waals surface area contributed by atoms with Gasteiger partial charge in [-0.25, -0.2) is 0 Å². The van der Waals surface area contributed by atoms with Gasteiger partial charge in [-0.2, -0.15) is 4.98 Å². The number of rotatable bonds is 2. The third kappa shape index (κ3) is 1.63. The Morgan fingerprint density at radius 3 is 3.06 bits per heavy atom. The number of hydrogen-bond acceptors (Lipinski definition) is 5. The van der Waals surface area contributed by atoms with Crippen LogP contribution >= 0.6 is 0 Å². The molecule has 0 aromatic carbocycles. The molecule has 5 heteroatoms. The Hall–Kier alpha value is -1.62. The van der Waals surface area contributed by atoms with Crippen LogP contribution < -0.4 is 5.32 Å². The van der Waals surface area contributed by atoms with E-state index >= 15 is 0 Å². The summed E-state index contributed by atoms with van der Waals surface area (Å²) in [6.07, 6.45) is 1.07. The Morgan fingerprint density at radius 2 is 2.38 bits per heavy atom. The molecule has 1 aliphatic rings. The molecule has 0 amide bonds. The van der Waals surface area contributed by atoms with Gasteiger partial charge in [0.15, 0.2) is 11.6 Å². The zero-order valence-corrected chi connectivity index (χ0v) is 9.06. The van der Waals surface area contributed by atoms with Crippen molar-refractivity contribution >= 4 is 0 Å². The van der Waals surface area contributed by atoms with E-state index in [1.54, 1.807) is 0 Å². The molecule has 16 heavy (non-hydrogen) atoms. The second-order valence-electron chi connectivity index (χ2n) is 4.06. The van der Waals surface area contributed by atoms with E-state index in [-0.39, 0.29) is 0 Å². The van der Waals surface area contributed by atoms with Gasteiger partial charge in [0.1, 0.15) is 5.76 Å². The first-order valence-corrected chi connectivity index (χ1v) is 5.44. The smallest absolute Gasteiger partial charge is 0.293 e. The fourth-order valence-corrected chi connectivity index (χ4v) is 1.93. The number of furan rings is 1. The Kier molecular flexibility index (Phi) is 2.25. The van der Waals surface area contributed by atoms with E-state index in [0.29, 0.717) is 17.6 Å². The maximum Gasteiger partial charge on any atom is 0.293 e. The van der Waals surface area contributed by atoms with Crippen LogP contribution in [0, 0.1) is 6.92 Å². The molecule has 1 atom stereocenters. The van der Waals surface area contributed by atoms with Gasteiger partial charge in [0.25, 0.3) is 5.89 Å². The topological polar surface area (TPSA) is 64.1 Å². The normalized spacial score (nSPS) is 20.4. The molecule has 1 saturated heterocycles. The zero-order chi connectivity index (χ0) is 11.0. The average molecular weight is 219 g/mol. The average Bonchev–Trinajstić information content (AvgIpc) is 2.97. The fraction of sp³-hybridized carbons (Fsp3) is 0.455. The standard InChI is InChI=1S/C11H13N3O2/c1-7-2-3-9(15-7)11-13-10(14-16-11)8-4-5-12-6-8/h2-3,8,12H,4-6H2,1H3. The van der Waals surface area contributed by atoms with E-state index < -0.39 is 0 Å². The molecule has 84 valence electrons.